The zero-order valence-electron chi connectivity index (χ0n) is 11.9. The van der Waals surface area contributed by atoms with Crippen LogP contribution in [-0.4, -0.2) is 28.9 Å². The molecule has 0 saturated heterocycles. The summed E-state index contributed by atoms with van der Waals surface area (Å²) >= 11 is 1.57. The van der Waals surface area contributed by atoms with Crippen LogP contribution in [0, 0.1) is 0 Å². The van der Waals surface area contributed by atoms with E-state index in [4.69, 9.17) is 10.5 Å². The van der Waals surface area contributed by atoms with Crippen molar-refractivity contribution in [2.45, 2.75) is 6.54 Å². The summed E-state index contributed by atoms with van der Waals surface area (Å²) in [6.45, 7) is 0.479. The molecule has 1 aromatic carbocycles. The van der Waals surface area contributed by atoms with Gasteiger partial charge in [-0.05, 0) is 18.2 Å². The minimum absolute atomic E-state index is 0.0606. The first-order valence-corrected chi connectivity index (χ1v) is 7.75. The molecule has 1 amide bonds. The molecule has 7 heteroatoms. The van der Waals surface area contributed by atoms with Crippen LogP contribution in [-0.2, 0) is 11.3 Å². The number of imidazole rings is 1. The third-order valence-electron chi connectivity index (χ3n) is 3.87. The van der Waals surface area contributed by atoms with Crippen molar-refractivity contribution in [3.63, 3.8) is 0 Å². The van der Waals surface area contributed by atoms with Gasteiger partial charge in [-0.25, -0.2) is 4.98 Å². The number of anilines is 1. The lowest BCUT2D eigenvalue weighted by Gasteiger charge is -2.26. The van der Waals surface area contributed by atoms with Gasteiger partial charge in [0.15, 0.2) is 11.6 Å². The second-order valence-electron chi connectivity index (χ2n) is 5.09. The largest absolute Gasteiger partial charge is 0.482 e. The number of thiazole rings is 1. The number of likely N-dealkylation sites (N-methyl/N-ethyl adjacent to an activating group) is 1. The van der Waals surface area contributed by atoms with E-state index in [0.717, 1.165) is 27.6 Å². The van der Waals surface area contributed by atoms with E-state index < -0.39 is 0 Å². The van der Waals surface area contributed by atoms with E-state index in [-0.39, 0.29) is 12.5 Å². The van der Waals surface area contributed by atoms with Gasteiger partial charge in [0.1, 0.15) is 5.75 Å². The Bertz CT molecular complexity index is 883. The van der Waals surface area contributed by atoms with Gasteiger partial charge in [0, 0.05) is 30.7 Å². The minimum atomic E-state index is -0.0606. The Morgan fingerprint density at radius 3 is 3.14 bits per heavy atom. The molecule has 22 heavy (non-hydrogen) atoms. The first kappa shape index (κ1) is 13.3. The van der Waals surface area contributed by atoms with Gasteiger partial charge in [0.2, 0.25) is 0 Å². The standard InChI is InChI=1S/C15H14N4O2S/c1-18-10-6-9(2-3-12(10)21-8-13(18)20)14-11(7-16)19-4-5-22-15(19)17-14/h2-6H,7-8,16H2,1H3. The summed E-state index contributed by atoms with van der Waals surface area (Å²) in [6.07, 6.45) is 1.97. The highest BCUT2D eigenvalue weighted by Gasteiger charge is 2.23. The summed E-state index contributed by atoms with van der Waals surface area (Å²) in [5.41, 5.74) is 9.40. The predicted octanol–water partition coefficient (Wildman–Crippen LogP) is 1.88. The van der Waals surface area contributed by atoms with Crippen molar-refractivity contribution in [3.8, 4) is 17.0 Å². The van der Waals surface area contributed by atoms with Crippen molar-refractivity contribution in [2.75, 3.05) is 18.6 Å². The molecule has 2 N–H and O–H groups in total. The molecule has 6 nitrogen and oxygen atoms in total. The maximum atomic E-state index is 11.8. The third-order valence-corrected chi connectivity index (χ3v) is 4.63. The van der Waals surface area contributed by atoms with Crippen LogP contribution in [0.15, 0.2) is 29.8 Å². The zero-order chi connectivity index (χ0) is 15.3. The molecule has 0 atom stereocenters. The molecule has 1 aliphatic heterocycles. The van der Waals surface area contributed by atoms with Gasteiger partial charge in [-0.3, -0.25) is 9.20 Å². The second kappa shape index (κ2) is 4.82. The third kappa shape index (κ3) is 1.83. The van der Waals surface area contributed by atoms with E-state index >= 15 is 0 Å². The molecular weight excluding hydrogens is 300 g/mol. The number of benzene rings is 1. The van der Waals surface area contributed by atoms with Crippen molar-refractivity contribution >= 4 is 27.9 Å². The summed E-state index contributed by atoms with van der Waals surface area (Å²) in [5, 5.41) is 1.98. The van der Waals surface area contributed by atoms with E-state index in [1.54, 1.807) is 23.3 Å². The number of aromatic nitrogens is 2. The van der Waals surface area contributed by atoms with Crippen LogP contribution in [0.3, 0.4) is 0 Å². The Morgan fingerprint density at radius 2 is 2.32 bits per heavy atom. The summed E-state index contributed by atoms with van der Waals surface area (Å²) in [4.78, 5) is 19.0. The normalized spacial score (nSPS) is 14.3. The molecular formula is C15H14N4O2S. The number of nitrogens with zero attached hydrogens (tertiary/aromatic N) is 3. The number of rotatable bonds is 2. The molecule has 0 unspecified atom stereocenters. The number of carbonyl (C=O) groups excluding carboxylic acids is 1. The fraction of sp³-hybridized carbons (Fsp3) is 0.200. The highest BCUT2D eigenvalue weighted by atomic mass is 32.1. The molecule has 2 aromatic heterocycles. The number of amides is 1. The van der Waals surface area contributed by atoms with Gasteiger partial charge in [-0.15, -0.1) is 11.3 Å². The molecule has 0 radical (unpaired) electrons. The maximum Gasteiger partial charge on any atom is 0.264 e. The monoisotopic (exact) mass is 314 g/mol. The number of ether oxygens (including phenoxy) is 1. The van der Waals surface area contributed by atoms with Gasteiger partial charge in [-0.1, -0.05) is 0 Å². The second-order valence-corrected chi connectivity index (χ2v) is 5.96. The van der Waals surface area contributed by atoms with Crippen molar-refractivity contribution in [1.29, 1.82) is 0 Å². The van der Waals surface area contributed by atoms with Crippen LogP contribution >= 0.6 is 11.3 Å². The fourth-order valence-electron chi connectivity index (χ4n) is 2.68. The van der Waals surface area contributed by atoms with E-state index in [0.29, 0.717) is 12.3 Å². The average Bonchev–Trinajstić information content (AvgIpc) is 3.11. The Balaban J connectivity index is 1.88. The van der Waals surface area contributed by atoms with E-state index in [2.05, 4.69) is 4.98 Å². The van der Waals surface area contributed by atoms with Gasteiger partial charge >= 0.3 is 0 Å². The predicted molar refractivity (Wildman–Crippen MR) is 85.3 cm³/mol. The van der Waals surface area contributed by atoms with Gasteiger partial charge in [-0.2, -0.15) is 0 Å². The maximum absolute atomic E-state index is 11.8. The molecule has 1 aliphatic rings. The first-order valence-electron chi connectivity index (χ1n) is 6.87. The van der Waals surface area contributed by atoms with Gasteiger partial charge < -0.3 is 15.4 Å². The number of fused-ring (bicyclic) bond motifs is 2. The van der Waals surface area contributed by atoms with Crippen molar-refractivity contribution in [1.82, 2.24) is 9.38 Å². The highest BCUT2D eigenvalue weighted by molar-refractivity contribution is 7.15. The molecule has 112 valence electrons. The molecule has 0 bridgehead atoms. The van der Waals surface area contributed by atoms with E-state index in [1.807, 2.05) is 34.2 Å². The SMILES string of the molecule is CN1C(=O)COc2ccc(-c3nc4sccn4c3CN)cc21. The summed E-state index contributed by atoms with van der Waals surface area (Å²) in [6, 6.07) is 5.76. The lowest BCUT2D eigenvalue weighted by atomic mass is 10.1. The molecule has 4 rings (SSSR count). The van der Waals surface area contributed by atoms with Crippen LogP contribution in [0.2, 0.25) is 0 Å². The van der Waals surface area contributed by atoms with Gasteiger partial charge in [0.25, 0.3) is 5.91 Å². The van der Waals surface area contributed by atoms with Gasteiger partial charge in [0.05, 0.1) is 17.1 Å². The Morgan fingerprint density at radius 1 is 1.45 bits per heavy atom. The smallest absolute Gasteiger partial charge is 0.264 e. The van der Waals surface area contributed by atoms with Crippen LogP contribution in [0.25, 0.3) is 16.2 Å². The summed E-state index contributed by atoms with van der Waals surface area (Å²) in [5.74, 6) is 0.649. The summed E-state index contributed by atoms with van der Waals surface area (Å²) in [7, 11) is 1.75. The van der Waals surface area contributed by atoms with Crippen molar-refractivity contribution in [3.05, 3.63) is 35.5 Å². The Hall–Kier alpha value is -2.38. The fourth-order valence-corrected chi connectivity index (χ4v) is 3.41. The summed E-state index contributed by atoms with van der Waals surface area (Å²) < 4.78 is 7.46. The molecule has 0 spiro atoms. The molecule has 0 aliphatic carbocycles. The quantitative estimate of drug-likeness (QED) is 0.784. The van der Waals surface area contributed by atoms with E-state index in [9.17, 15) is 4.79 Å². The average molecular weight is 314 g/mol. The van der Waals surface area contributed by atoms with Crippen molar-refractivity contribution in [2.24, 2.45) is 5.73 Å². The van der Waals surface area contributed by atoms with Crippen LogP contribution in [0.5, 0.6) is 5.75 Å². The topological polar surface area (TPSA) is 72.9 Å². The lowest BCUT2D eigenvalue weighted by molar-refractivity contribution is -0.120. The number of nitrogens with two attached hydrogens (primary N) is 1. The number of carbonyl (C=O) groups is 1. The van der Waals surface area contributed by atoms with Crippen LogP contribution < -0.4 is 15.4 Å². The molecule has 0 saturated carbocycles. The molecule has 3 heterocycles. The van der Waals surface area contributed by atoms with Crippen LogP contribution in [0.1, 0.15) is 5.69 Å². The van der Waals surface area contributed by atoms with Crippen LogP contribution in [0.4, 0.5) is 5.69 Å². The molecule has 0 fully saturated rings. The minimum Gasteiger partial charge on any atom is -0.482 e. The zero-order valence-corrected chi connectivity index (χ0v) is 12.8. The molecule has 3 aromatic rings. The lowest BCUT2D eigenvalue weighted by Crippen LogP contribution is -2.35. The Labute approximate surface area is 130 Å². The highest BCUT2D eigenvalue weighted by Crippen LogP contribution is 2.36. The first-order chi connectivity index (χ1) is 10.7. The van der Waals surface area contributed by atoms with E-state index in [1.165, 1.54) is 0 Å². The van der Waals surface area contributed by atoms with Crippen molar-refractivity contribution < 1.29 is 9.53 Å². The number of hydrogen-bond donors (Lipinski definition) is 1. The number of hydrogen-bond acceptors (Lipinski definition) is 5. The Kier molecular flexibility index (Phi) is 2.91.